The zero-order chi connectivity index (χ0) is 15.7. The number of hydrogen-bond acceptors (Lipinski definition) is 2. The Morgan fingerprint density at radius 1 is 0.864 bits per heavy atom. The van der Waals surface area contributed by atoms with E-state index in [4.69, 9.17) is 0 Å². The molecule has 4 aliphatic rings. The van der Waals surface area contributed by atoms with Gasteiger partial charge in [-0.05, 0) is 74.0 Å². The van der Waals surface area contributed by atoms with Crippen molar-refractivity contribution in [2.75, 3.05) is 0 Å². The van der Waals surface area contributed by atoms with Crippen LogP contribution in [0.3, 0.4) is 0 Å². The molecule has 4 aliphatic carbocycles. The van der Waals surface area contributed by atoms with Gasteiger partial charge in [-0.2, -0.15) is 0 Å². The Bertz CT molecular complexity index is 455. The third-order valence-corrected chi connectivity index (χ3v) is 8.75. The fourth-order valence-corrected chi connectivity index (χ4v) is 7.39. The summed E-state index contributed by atoms with van der Waals surface area (Å²) in [5, 5.41) is 20.8. The first-order valence-electron chi connectivity index (χ1n) is 9.55. The Kier molecular flexibility index (Phi) is 3.46. The van der Waals surface area contributed by atoms with Crippen LogP contribution in [-0.4, -0.2) is 28.5 Å². The van der Waals surface area contributed by atoms with Gasteiger partial charge in [0.25, 0.3) is 0 Å². The molecule has 0 bridgehead atoms. The Morgan fingerprint density at radius 3 is 2.36 bits per heavy atom. The predicted molar refractivity (Wildman–Crippen MR) is 85.8 cm³/mol. The summed E-state index contributed by atoms with van der Waals surface area (Å²) >= 11 is 0. The SMILES string of the molecule is C[C@]12CC[C@H]3[C@@H](CC[C@H]4C[C@@H](O)CC[C@@]43C)[C@H]1C[C@H]([NH3+])[C@@H]2O. The van der Waals surface area contributed by atoms with E-state index in [0.717, 1.165) is 37.0 Å². The zero-order valence-corrected chi connectivity index (χ0v) is 14.3. The third kappa shape index (κ3) is 1.91. The molecule has 0 spiro atoms. The summed E-state index contributed by atoms with van der Waals surface area (Å²) in [7, 11) is 0. The highest BCUT2D eigenvalue weighted by Crippen LogP contribution is 2.65. The van der Waals surface area contributed by atoms with Gasteiger partial charge in [-0.15, -0.1) is 0 Å². The molecule has 0 unspecified atom stereocenters. The van der Waals surface area contributed by atoms with Crippen molar-refractivity contribution in [3.8, 4) is 0 Å². The highest BCUT2D eigenvalue weighted by Gasteiger charge is 2.62. The van der Waals surface area contributed by atoms with E-state index in [9.17, 15) is 10.2 Å². The standard InChI is InChI=1S/C19H33NO2/c1-18-7-5-12(21)9-11(18)3-4-13-14(18)6-8-19(2)15(13)10-16(20)17(19)22/h11-17,21-22H,3-10,20H2,1-2H3/p+1/t11-,12-,13+,14-,15+,16-,17-,18-,19-/m0/s1. The molecule has 4 rings (SSSR count). The zero-order valence-electron chi connectivity index (χ0n) is 14.3. The van der Waals surface area contributed by atoms with E-state index in [1.165, 1.54) is 32.1 Å². The Balaban J connectivity index is 1.63. The van der Waals surface area contributed by atoms with Crippen molar-refractivity contribution in [3.05, 3.63) is 0 Å². The Hall–Kier alpha value is -0.120. The fourth-order valence-electron chi connectivity index (χ4n) is 7.39. The van der Waals surface area contributed by atoms with E-state index < -0.39 is 0 Å². The van der Waals surface area contributed by atoms with Crippen LogP contribution >= 0.6 is 0 Å². The van der Waals surface area contributed by atoms with E-state index in [-0.39, 0.29) is 23.7 Å². The quantitative estimate of drug-likeness (QED) is 0.640. The van der Waals surface area contributed by atoms with Crippen molar-refractivity contribution in [3.63, 3.8) is 0 Å². The maximum atomic E-state index is 10.7. The Labute approximate surface area is 134 Å². The van der Waals surface area contributed by atoms with Gasteiger partial charge in [-0.3, -0.25) is 0 Å². The lowest BCUT2D eigenvalue weighted by Gasteiger charge is -2.60. The summed E-state index contributed by atoms with van der Waals surface area (Å²) in [6, 6.07) is 0.229. The van der Waals surface area contributed by atoms with Gasteiger partial charge in [0.2, 0.25) is 0 Å². The summed E-state index contributed by atoms with van der Waals surface area (Å²) in [4.78, 5) is 0. The minimum atomic E-state index is -0.197. The average molecular weight is 308 g/mol. The van der Waals surface area contributed by atoms with E-state index in [1.807, 2.05) is 0 Å². The first-order valence-corrected chi connectivity index (χ1v) is 9.55. The van der Waals surface area contributed by atoms with Crippen molar-refractivity contribution < 1.29 is 15.9 Å². The number of fused-ring (bicyclic) bond motifs is 5. The maximum Gasteiger partial charge on any atom is 0.111 e. The monoisotopic (exact) mass is 308 g/mol. The molecule has 9 atom stereocenters. The molecule has 5 N–H and O–H groups in total. The molecule has 0 aromatic rings. The summed E-state index contributed by atoms with van der Waals surface area (Å²) < 4.78 is 0. The average Bonchev–Trinajstić information content (AvgIpc) is 2.72. The lowest BCUT2D eigenvalue weighted by atomic mass is 9.45. The van der Waals surface area contributed by atoms with Gasteiger partial charge < -0.3 is 15.9 Å². The van der Waals surface area contributed by atoms with Crippen molar-refractivity contribution in [1.82, 2.24) is 0 Å². The molecule has 4 saturated carbocycles. The lowest BCUT2D eigenvalue weighted by Crippen LogP contribution is -2.65. The fraction of sp³-hybridized carbons (Fsp3) is 1.00. The Morgan fingerprint density at radius 2 is 1.59 bits per heavy atom. The normalized spacial score (nSPS) is 61.2. The van der Waals surface area contributed by atoms with Crippen LogP contribution in [0.25, 0.3) is 0 Å². The van der Waals surface area contributed by atoms with Gasteiger partial charge in [0.1, 0.15) is 12.1 Å². The molecule has 3 heteroatoms. The topological polar surface area (TPSA) is 68.1 Å². The van der Waals surface area contributed by atoms with Crippen LogP contribution in [0.15, 0.2) is 0 Å². The van der Waals surface area contributed by atoms with Gasteiger partial charge in [-0.1, -0.05) is 13.8 Å². The molecule has 0 heterocycles. The van der Waals surface area contributed by atoms with Crippen LogP contribution in [0, 0.1) is 34.5 Å². The lowest BCUT2D eigenvalue weighted by molar-refractivity contribution is -0.435. The van der Waals surface area contributed by atoms with E-state index in [0.29, 0.717) is 11.3 Å². The van der Waals surface area contributed by atoms with Crippen LogP contribution in [0.5, 0.6) is 0 Å². The maximum absolute atomic E-state index is 10.7. The minimum absolute atomic E-state index is 0.0546. The van der Waals surface area contributed by atoms with E-state index in [1.54, 1.807) is 0 Å². The second-order valence-corrected chi connectivity index (χ2v) is 9.57. The van der Waals surface area contributed by atoms with Crippen molar-refractivity contribution in [2.24, 2.45) is 34.5 Å². The molecule has 126 valence electrons. The first kappa shape index (κ1) is 15.4. The molecule has 0 aromatic carbocycles. The number of quaternary nitrogens is 1. The minimum Gasteiger partial charge on any atom is -0.393 e. The molecule has 4 fully saturated rings. The largest absolute Gasteiger partial charge is 0.393 e. The van der Waals surface area contributed by atoms with Gasteiger partial charge in [0, 0.05) is 11.8 Å². The molecule has 0 radical (unpaired) electrons. The van der Waals surface area contributed by atoms with E-state index in [2.05, 4.69) is 19.6 Å². The second-order valence-electron chi connectivity index (χ2n) is 9.57. The van der Waals surface area contributed by atoms with Crippen molar-refractivity contribution in [2.45, 2.75) is 83.5 Å². The van der Waals surface area contributed by atoms with Crippen molar-refractivity contribution in [1.29, 1.82) is 0 Å². The van der Waals surface area contributed by atoms with Gasteiger partial charge in [0.05, 0.1) is 6.10 Å². The molecule has 3 nitrogen and oxygen atoms in total. The van der Waals surface area contributed by atoms with Crippen LogP contribution in [0.4, 0.5) is 0 Å². The second kappa shape index (κ2) is 4.94. The summed E-state index contributed by atoms with van der Waals surface area (Å²) in [6.45, 7) is 4.86. The molecular weight excluding hydrogens is 274 g/mol. The highest BCUT2D eigenvalue weighted by molar-refractivity contribution is 5.11. The van der Waals surface area contributed by atoms with Crippen LogP contribution < -0.4 is 5.73 Å². The summed E-state index contributed by atoms with van der Waals surface area (Å²) in [5.74, 6) is 3.00. The van der Waals surface area contributed by atoms with Crippen molar-refractivity contribution >= 4 is 0 Å². The highest BCUT2D eigenvalue weighted by atomic mass is 16.3. The van der Waals surface area contributed by atoms with E-state index >= 15 is 0 Å². The number of aliphatic hydroxyl groups excluding tert-OH is 2. The van der Waals surface area contributed by atoms with Crippen LogP contribution in [0.2, 0.25) is 0 Å². The smallest absolute Gasteiger partial charge is 0.111 e. The summed E-state index contributed by atoms with van der Waals surface area (Å²) in [5.41, 5.74) is 4.81. The van der Waals surface area contributed by atoms with Gasteiger partial charge in [0.15, 0.2) is 0 Å². The number of aliphatic hydroxyl groups is 2. The van der Waals surface area contributed by atoms with Crippen LogP contribution in [0.1, 0.15) is 65.2 Å². The molecule has 0 aromatic heterocycles. The first-order chi connectivity index (χ1) is 10.4. The van der Waals surface area contributed by atoms with Gasteiger partial charge in [-0.25, -0.2) is 0 Å². The third-order valence-electron chi connectivity index (χ3n) is 8.75. The number of hydrogen-bond donors (Lipinski definition) is 3. The molecular formula is C19H34NO2+. The van der Waals surface area contributed by atoms with Crippen LogP contribution in [-0.2, 0) is 0 Å². The van der Waals surface area contributed by atoms with Gasteiger partial charge >= 0.3 is 0 Å². The number of rotatable bonds is 0. The molecule has 0 saturated heterocycles. The molecule has 0 aliphatic heterocycles. The molecule has 0 amide bonds. The molecule has 22 heavy (non-hydrogen) atoms. The predicted octanol–water partition coefficient (Wildman–Crippen LogP) is 1.97. The summed E-state index contributed by atoms with van der Waals surface area (Å²) in [6.07, 6.45) is 9.18.